The molecule has 0 aromatic heterocycles. The summed E-state index contributed by atoms with van der Waals surface area (Å²) >= 11 is 0. The minimum Gasteiger partial charge on any atom is -0.382 e. The summed E-state index contributed by atoms with van der Waals surface area (Å²) in [6.45, 7) is 2.16. The second kappa shape index (κ2) is 3.91. The van der Waals surface area contributed by atoms with Crippen LogP contribution in [-0.2, 0) is 4.79 Å². The lowest BCUT2D eigenvalue weighted by Crippen LogP contribution is -2.35. The molecule has 2 heterocycles. The number of rotatable bonds is 1. The molecule has 0 bridgehead atoms. The van der Waals surface area contributed by atoms with Crippen molar-refractivity contribution in [1.29, 1.82) is 0 Å². The molecule has 3 nitrogen and oxygen atoms in total. The van der Waals surface area contributed by atoms with Crippen LogP contribution in [0.2, 0.25) is 0 Å². The van der Waals surface area contributed by atoms with Crippen LogP contribution in [0, 0.1) is 0 Å². The molecule has 2 aliphatic rings. The van der Waals surface area contributed by atoms with E-state index in [0.717, 1.165) is 12.1 Å². The third-order valence-electron chi connectivity index (χ3n) is 3.48. The predicted molar refractivity (Wildman–Crippen MR) is 67.5 cm³/mol. The topological polar surface area (TPSA) is 32.3 Å². The molecule has 3 heteroatoms. The Morgan fingerprint density at radius 1 is 1.35 bits per heavy atom. The van der Waals surface area contributed by atoms with Crippen molar-refractivity contribution in [2.45, 2.75) is 31.8 Å². The van der Waals surface area contributed by atoms with Gasteiger partial charge < -0.3 is 10.2 Å². The van der Waals surface area contributed by atoms with Crippen molar-refractivity contribution in [2.24, 2.45) is 0 Å². The van der Waals surface area contributed by atoms with Crippen LogP contribution in [0.4, 0.5) is 5.69 Å². The van der Waals surface area contributed by atoms with E-state index < -0.39 is 0 Å². The highest BCUT2D eigenvalue weighted by molar-refractivity contribution is 5.82. The Balaban J connectivity index is 2.00. The highest BCUT2D eigenvalue weighted by Gasteiger charge is 2.31. The molecule has 0 saturated heterocycles. The van der Waals surface area contributed by atoms with Crippen molar-refractivity contribution in [3.63, 3.8) is 0 Å². The summed E-state index contributed by atoms with van der Waals surface area (Å²) < 4.78 is 0. The third-order valence-corrected chi connectivity index (χ3v) is 3.48. The SMILES string of the molecule is CC1CC(N2C=CCC2=O)c2ccccc2N1. The van der Waals surface area contributed by atoms with Gasteiger partial charge in [-0.2, -0.15) is 0 Å². The van der Waals surface area contributed by atoms with Crippen LogP contribution in [0.25, 0.3) is 0 Å². The lowest BCUT2D eigenvalue weighted by Gasteiger charge is -2.36. The number of hydrogen-bond donors (Lipinski definition) is 1. The third kappa shape index (κ3) is 1.71. The van der Waals surface area contributed by atoms with Crippen molar-refractivity contribution in [2.75, 3.05) is 5.32 Å². The minimum atomic E-state index is 0.189. The number of nitrogens with one attached hydrogen (secondary N) is 1. The van der Waals surface area contributed by atoms with E-state index in [4.69, 9.17) is 0 Å². The number of para-hydroxylation sites is 1. The molecule has 0 fully saturated rings. The fourth-order valence-corrected chi connectivity index (χ4v) is 2.70. The zero-order chi connectivity index (χ0) is 11.8. The van der Waals surface area contributed by atoms with Gasteiger partial charge in [0.1, 0.15) is 0 Å². The maximum Gasteiger partial charge on any atom is 0.230 e. The standard InChI is InChI=1S/C14H16N2O/c1-10-9-13(16-8-4-7-14(16)17)11-5-2-3-6-12(11)15-10/h2-6,8,10,13,15H,7,9H2,1H3. The molecule has 3 rings (SSSR count). The zero-order valence-electron chi connectivity index (χ0n) is 9.89. The minimum absolute atomic E-state index is 0.189. The average molecular weight is 228 g/mol. The normalized spacial score (nSPS) is 26.9. The number of carbonyl (C=O) groups excluding carboxylic acids is 1. The second-order valence-corrected chi connectivity index (χ2v) is 4.77. The van der Waals surface area contributed by atoms with E-state index in [-0.39, 0.29) is 11.9 Å². The molecule has 0 saturated carbocycles. The Hall–Kier alpha value is -1.77. The highest BCUT2D eigenvalue weighted by atomic mass is 16.2. The molecule has 2 aliphatic heterocycles. The Kier molecular flexibility index (Phi) is 2.39. The largest absolute Gasteiger partial charge is 0.382 e. The fraction of sp³-hybridized carbons (Fsp3) is 0.357. The number of fused-ring (bicyclic) bond motifs is 1. The fourth-order valence-electron chi connectivity index (χ4n) is 2.70. The molecular formula is C14H16N2O. The van der Waals surface area contributed by atoms with E-state index in [9.17, 15) is 4.79 Å². The van der Waals surface area contributed by atoms with Gasteiger partial charge in [-0.25, -0.2) is 0 Å². The number of carbonyl (C=O) groups is 1. The first kappa shape index (κ1) is 10.4. The van der Waals surface area contributed by atoms with Crippen molar-refractivity contribution in [3.05, 3.63) is 42.1 Å². The summed E-state index contributed by atoms with van der Waals surface area (Å²) in [7, 11) is 0. The van der Waals surface area contributed by atoms with E-state index >= 15 is 0 Å². The van der Waals surface area contributed by atoms with Gasteiger partial charge in [0.2, 0.25) is 5.91 Å². The molecule has 1 amide bonds. The van der Waals surface area contributed by atoms with E-state index in [2.05, 4.69) is 24.4 Å². The van der Waals surface area contributed by atoms with Crippen LogP contribution in [0.1, 0.15) is 31.4 Å². The molecule has 1 aromatic rings. The zero-order valence-corrected chi connectivity index (χ0v) is 9.89. The molecule has 2 atom stereocenters. The number of amides is 1. The van der Waals surface area contributed by atoms with E-state index in [1.54, 1.807) is 0 Å². The summed E-state index contributed by atoms with van der Waals surface area (Å²) in [5, 5.41) is 3.47. The van der Waals surface area contributed by atoms with Crippen LogP contribution in [0.3, 0.4) is 0 Å². The lowest BCUT2D eigenvalue weighted by atomic mass is 9.92. The highest BCUT2D eigenvalue weighted by Crippen LogP contribution is 2.37. The molecule has 2 unspecified atom stereocenters. The molecule has 88 valence electrons. The summed E-state index contributed by atoms with van der Waals surface area (Å²) in [6, 6.07) is 8.85. The Bertz CT molecular complexity index is 481. The van der Waals surface area contributed by atoms with Crippen LogP contribution >= 0.6 is 0 Å². The van der Waals surface area contributed by atoms with Gasteiger partial charge in [0.25, 0.3) is 0 Å². The lowest BCUT2D eigenvalue weighted by molar-refractivity contribution is -0.128. The molecule has 0 aliphatic carbocycles. The van der Waals surface area contributed by atoms with Gasteiger partial charge in [0, 0.05) is 24.4 Å². The molecule has 1 N–H and O–H groups in total. The first-order chi connectivity index (χ1) is 8.25. The monoisotopic (exact) mass is 228 g/mol. The molecular weight excluding hydrogens is 212 g/mol. The van der Waals surface area contributed by atoms with Crippen molar-refractivity contribution < 1.29 is 4.79 Å². The van der Waals surface area contributed by atoms with Gasteiger partial charge in [-0.05, 0) is 25.0 Å². The van der Waals surface area contributed by atoms with Crippen LogP contribution in [0.15, 0.2) is 36.5 Å². The van der Waals surface area contributed by atoms with Gasteiger partial charge in [-0.15, -0.1) is 0 Å². The quantitative estimate of drug-likeness (QED) is 0.801. The summed E-state index contributed by atoms with van der Waals surface area (Å²) in [5.41, 5.74) is 2.38. The maximum absolute atomic E-state index is 11.8. The van der Waals surface area contributed by atoms with Crippen LogP contribution < -0.4 is 5.32 Å². The van der Waals surface area contributed by atoms with E-state index in [1.807, 2.05) is 29.3 Å². The predicted octanol–water partition coefficient (Wildman–Crippen LogP) is 2.68. The van der Waals surface area contributed by atoms with Gasteiger partial charge in [0.15, 0.2) is 0 Å². The average Bonchev–Trinajstić information content (AvgIpc) is 2.74. The molecule has 1 aromatic carbocycles. The number of benzene rings is 1. The Labute approximate surface area is 101 Å². The molecule has 17 heavy (non-hydrogen) atoms. The van der Waals surface area contributed by atoms with E-state index in [1.165, 1.54) is 5.56 Å². The first-order valence-corrected chi connectivity index (χ1v) is 6.09. The smallest absolute Gasteiger partial charge is 0.230 e. The van der Waals surface area contributed by atoms with Gasteiger partial charge in [-0.1, -0.05) is 24.3 Å². The number of hydrogen-bond acceptors (Lipinski definition) is 2. The molecule has 0 radical (unpaired) electrons. The first-order valence-electron chi connectivity index (χ1n) is 6.09. The van der Waals surface area contributed by atoms with Gasteiger partial charge >= 0.3 is 0 Å². The van der Waals surface area contributed by atoms with Crippen molar-refractivity contribution in [1.82, 2.24) is 4.90 Å². The summed E-state index contributed by atoms with van der Waals surface area (Å²) in [6.07, 6.45) is 5.38. The Morgan fingerprint density at radius 3 is 2.94 bits per heavy atom. The second-order valence-electron chi connectivity index (χ2n) is 4.77. The van der Waals surface area contributed by atoms with Gasteiger partial charge in [0.05, 0.1) is 6.04 Å². The van der Waals surface area contributed by atoms with Crippen molar-refractivity contribution >= 4 is 11.6 Å². The van der Waals surface area contributed by atoms with Crippen molar-refractivity contribution in [3.8, 4) is 0 Å². The van der Waals surface area contributed by atoms with Gasteiger partial charge in [-0.3, -0.25) is 4.79 Å². The van der Waals surface area contributed by atoms with E-state index in [0.29, 0.717) is 12.5 Å². The number of anilines is 1. The Morgan fingerprint density at radius 2 is 2.18 bits per heavy atom. The van der Waals surface area contributed by atoms with Crippen LogP contribution in [-0.4, -0.2) is 16.8 Å². The molecule has 0 spiro atoms. The maximum atomic E-state index is 11.8. The summed E-state index contributed by atoms with van der Waals surface area (Å²) in [4.78, 5) is 13.7. The van der Waals surface area contributed by atoms with Crippen LogP contribution in [0.5, 0.6) is 0 Å². The number of nitrogens with zero attached hydrogens (tertiary/aromatic N) is 1. The summed E-state index contributed by atoms with van der Waals surface area (Å²) in [5.74, 6) is 0.207.